The van der Waals surface area contributed by atoms with Gasteiger partial charge in [-0.25, -0.2) is 4.98 Å². The Morgan fingerprint density at radius 2 is 1.96 bits per heavy atom. The standard InChI is InChI=1S/C21H25N3O2S2/c1-24(2)18(15-8-10-16(26-3)11-9-15)12-22-20(25)13-27-14-21-23-17-6-4-5-7-19(17)28-21/h4-11,18H,12-14H2,1-3H3,(H,22,25). The summed E-state index contributed by atoms with van der Waals surface area (Å²) in [4.78, 5) is 19.0. The van der Waals surface area contributed by atoms with Gasteiger partial charge in [-0.05, 0) is 43.9 Å². The van der Waals surface area contributed by atoms with E-state index in [1.165, 1.54) is 4.70 Å². The molecule has 1 heterocycles. The number of ether oxygens (including phenoxy) is 1. The van der Waals surface area contributed by atoms with Crippen molar-refractivity contribution in [3.05, 3.63) is 59.1 Å². The van der Waals surface area contributed by atoms with Crippen molar-refractivity contribution in [2.75, 3.05) is 33.5 Å². The molecule has 1 N–H and O–H groups in total. The molecule has 0 bridgehead atoms. The van der Waals surface area contributed by atoms with Crippen LogP contribution >= 0.6 is 23.1 Å². The lowest BCUT2D eigenvalue weighted by Crippen LogP contribution is -2.35. The fourth-order valence-corrected chi connectivity index (χ4v) is 4.78. The van der Waals surface area contributed by atoms with E-state index >= 15 is 0 Å². The smallest absolute Gasteiger partial charge is 0.230 e. The van der Waals surface area contributed by atoms with Crippen LogP contribution in [0.3, 0.4) is 0 Å². The van der Waals surface area contributed by atoms with Crippen molar-refractivity contribution >= 4 is 39.2 Å². The largest absolute Gasteiger partial charge is 0.497 e. The molecule has 0 saturated carbocycles. The van der Waals surface area contributed by atoms with Gasteiger partial charge in [0.25, 0.3) is 0 Å². The zero-order chi connectivity index (χ0) is 19.9. The molecule has 0 spiro atoms. The van der Waals surface area contributed by atoms with Gasteiger partial charge < -0.3 is 15.0 Å². The maximum atomic E-state index is 12.3. The van der Waals surface area contributed by atoms with Gasteiger partial charge in [-0.1, -0.05) is 24.3 Å². The lowest BCUT2D eigenvalue weighted by atomic mass is 10.1. The lowest BCUT2D eigenvalue weighted by molar-refractivity contribution is -0.118. The number of methoxy groups -OCH3 is 1. The molecule has 0 aliphatic carbocycles. The molecule has 5 nitrogen and oxygen atoms in total. The quantitative estimate of drug-likeness (QED) is 0.573. The molecule has 3 aromatic rings. The molecule has 2 aromatic carbocycles. The molecule has 1 aromatic heterocycles. The lowest BCUT2D eigenvalue weighted by Gasteiger charge is -2.25. The van der Waals surface area contributed by atoms with E-state index in [-0.39, 0.29) is 11.9 Å². The van der Waals surface area contributed by atoms with Gasteiger partial charge in [-0.15, -0.1) is 23.1 Å². The van der Waals surface area contributed by atoms with Crippen molar-refractivity contribution in [2.24, 2.45) is 0 Å². The highest BCUT2D eigenvalue weighted by Gasteiger charge is 2.15. The number of amides is 1. The fourth-order valence-electron chi connectivity index (χ4n) is 2.90. The van der Waals surface area contributed by atoms with Crippen LogP contribution in [0.2, 0.25) is 0 Å². The Balaban J connectivity index is 1.47. The van der Waals surface area contributed by atoms with Crippen LogP contribution in [0.4, 0.5) is 0 Å². The molecule has 7 heteroatoms. The van der Waals surface area contributed by atoms with E-state index in [9.17, 15) is 4.79 Å². The van der Waals surface area contributed by atoms with Crippen LogP contribution in [0.5, 0.6) is 5.75 Å². The maximum Gasteiger partial charge on any atom is 0.230 e. The van der Waals surface area contributed by atoms with E-state index in [0.717, 1.165) is 27.6 Å². The molecule has 1 amide bonds. The minimum absolute atomic E-state index is 0.0477. The van der Waals surface area contributed by atoms with E-state index in [1.807, 2.05) is 56.6 Å². The summed E-state index contributed by atoms with van der Waals surface area (Å²) >= 11 is 3.29. The number of benzene rings is 2. The van der Waals surface area contributed by atoms with E-state index in [0.29, 0.717) is 12.3 Å². The molecule has 148 valence electrons. The number of hydrogen-bond acceptors (Lipinski definition) is 6. The van der Waals surface area contributed by atoms with E-state index < -0.39 is 0 Å². The Bertz CT molecular complexity index is 876. The second kappa shape index (κ2) is 9.91. The van der Waals surface area contributed by atoms with Crippen LogP contribution in [-0.2, 0) is 10.5 Å². The SMILES string of the molecule is COc1ccc(C(CNC(=O)CSCc2nc3ccccc3s2)N(C)C)cc1. The predicted molar refractivity (Wildman–Crippen MR) is 118 cm³/mol. The molecule has 0 aliphatic rings. The van der Waals surface area contributed by atoms with Crippen molar-refractivity contribution in [3.8, 4) is 5.75 Å². The van der Waals surface area contributed by atoms with E-state index in [2.05, 4.69) is 21.3 Å². The molecule has 0 radical (unpaired) electrons. The number of hydrogen-bond donors (Lipinski definition) is 1. The van der Waals surface area contributed by atoms with Gasteiger partial charge in [0.2, 0.25) is 5.91 Å². The molecule has 1 atom stereocenters. The van der Waals surface area contributed by atoms with Crippen LogP contribution < -0.4 is 10.1 Å². The Morgan fingerprint density at radius 3 is 2.64 bits per heavy atom. The number of para-hydroxylation sites is 1. The molecule has 3 rings (SSSR count). The minimum Gasteiger partial charge on any atom is -0.497 e. The Labute approximate surface area is 174 Å². The van der Waals surface area contributed by atoms with Crippen molar-refractivity contribution < 1.29 is 9.53 Å². The number of thioether (sulfide) groups is 1. The molecular weight excluding hydrogens is 390 g/mol. The Hall–Kier alpha value is -2.09. The van der Waals surface area contributed by atoms with Crippen LogP contribution in [0.25, 0.3) is 10.2 Å². The third kappa shape index (κ3) is 5.47. The number of thiazole rings is 1. The summed E-state index contributed by atoms with van der Waals surface area (Å²) in [5.74, 6) is 2.06. The fraction of sp³-hybridized carbons (Fsp3) is 0.333. The van der Waals surface area contributed by atoms with Gasteiger partial charge in [0.1, 0.15) is 10.8 Å². The topological polar surface area (TPSA) is 54.5 Å². The highest BCUT2D eigenvalue weighted by Crippen LogP contribution is 2.25. The number of carbonyl (C=O) groups excluding carboxylic acids is 1. The van der Waals surface area contributed by atoms with Crippen LogP contribution in [0.1, 0.15) is 16.6 Å². The number of nitrogens with zero attached hydrogens (tertiary/aromatic N) is 2. The zero-order valence-electron chi connectivity index (χ0n) is 16.3. The zero-order valence-corrected chi connectivity index (χ0v) is 18.0. The molecule has 0 saturated heterocycles. The highest BCUT2D eigenvalue weighted by atomic mass is 32.2. The monoisotopic (exact) mass is 415 g/mol. The molecule has 0 fully saturated rings. The van der Waals surface area contributed by atoms with Gasteiger partial charge in [-0.3, -0.25) is 4.79 Å². The van der Waals surface area contributed by atoms with Gasteiger partial charge in [0.05, 0.1) is 29.1 Å². The van der Waals surface area contributed by atoms with Crippen molar-refractivity contribution in [1.29, 1.82) is 0 Å². The van der Waals surface area contributed by atoms with Crippen molar-refractivity contribution in [2.45, 2.75) is 11.8 Å². The number of likely N-dealkylation sites (N-methyl/N-ethyl adjacent to an activating group) is 1. The van der Waals surface area contributed by atoms with Crippen molar-refractivity contribution in [1.82, 2.24) is 15.2 Å². The first-order chi connectivity index (χ1) is 13.6. The first-order valence-electron chi connectivity index (χ1n) is 9.06. The third-order valence-electron chi connectivity index (χ3n) is 4.41. The first-order valence-corrected chi connectivity index (χ1v) is 11.0. The summed E-state index contributed by atoms with van der Waals surface area (Å²) in [7, 11) is 5.69. The highest BCUT2D eigenvalue weighted by molar-refractivity contribution is 7.99. The third-order valence-corrected chi connectivity index (χ3v) is 6.58. The average molecular weight is 416 g/mol. The van der Waals surface area contributed by atoms with Crippen LogP contribution in [-0.4, -0.2) is 49.3 Å². The molecular formula is C21H25N3O2S2. The summed E-state index contributed by atoms with van der Waals surface area (Å²) in [6.45, 7) is 0.569. The Morgan fingerprint density at radius 1 is 1.21 bits per heavy atom. The van der Waals surface area contributed by atoms with Crippen LogP contribution in [0, 0.1) is 0 Å². The predicted octanol–water partition coefficient (Wildman–Crippen LogP) is 3.96. The Kier molecular flexibility index (Phi) is 7.30. The van der Waals surface area contributed by atoms with Gasteiger partial charge in [0, 0.05) is 12.3 Å². The number of nitrogens with one attached hydrogen (secondary N) is 1. The number of carbonyl (C=O) groups is 1. The van der Waals surface area contributed by atoms with Crippen LogP contribution in [0.15, 0.2) is 48.5 Å². The van der Waals surface area contributed by atoms with Gasteiger partial charge >= 0.3 is 0 Å². The molecule has 28 heavy (non-hydrogen) atoms. The second-order valence-corrected chi connectivity index (χ2v) is 8.73. The number of aromatic nitrogens is 1. The van der Waals surface area contributed by atoms with E-state index in [1.54, 1.807) is 30.2 Å². The molecule has 0 aliphatic heterocycles. The summed E-state index contributed by atoms with van der Waals surface area (Å²) in [6.07, 6.45) is 0. The minimum atomic E-state index is 0.0477. The summed E-state index contributed by atoms with van der Waals surface area (Å²) in [6, 6.07) is 16.2. The summed E-state index contributed by atoms with van der Waals surface area (Å²) < 4.78 is 6.41. The number of fused-ring (bicyclic) bond motifs is 1. The average Bonchev–Trinajstić information content (AvgIpc) is 3.11. The van der Waals surface area contributed by atoms with Gasteiger partial charge in [-0.2, -0.15) is 0 Å². The maximum absolute atomic E-state index is 12.3. The summed E-state index contributed by atoms with van der Waals surface area (Å²) in [5.41, 5.74) is 2.18. The summed E-state index contributed by atoms with van der Waals surface area (Å²) in [5, 5.41) is 4.11. The second-order valence-electron chi connectivity index (χ2n) is 6.62. The first kappa shape index (κ1) is 20.6. The molecule has 1 unspecified atom stereocenters. The van der Waals surface area contributed by atoms with Crippen molar-refractivity contribution in [3.63, 3.8) is 0 Å². The van der Waals surface area contributed by atoms with Gasteiger partial charge in [0.15, 0.2) is 0 Å². The number of rotatable bonds is 9. The normalized spacial score (nSPS) is 12.3. The van der Waals surface area contributed by atoms with E-state index in [4.69, 9.17) is 4.74 Å².